The molecular formula is C27H24N6. The van der Waals surface area contributed by atoms with E-state index >= 15 is 0 Å². The van der Waals surface area contributed by atoms with Crippen molar-refractivity contribution in [2.75, 3.05) is 0 Å². The van der Waals surface area contributed by atoms with Crippen molar-refractivity contribution in [2.24, 2.45) is 0 Å². The number of pyridine rings is 6. The van der Waals surface area contributed by atoms with Crippen molar-refractivity contribution in [2.45, 2.75) is 20.8 Å². The fourth-order valence-corrected chi connectivity index (χ4v) is 3.17. The first-order valence-electron chi connectivity index (χ1n) is 10.6. The summed E-state index contributed by atoms with van der Waals surface area (Å²) in [5.74, 6) is 0. The van der Waals surface area contributed by atoms with Gasteiger partial charge in [-0.1, -0.05) is 0 Å². The Hall–Kier alpha value is -4.32. The Kier molecular flexibility index (Phi) is 6.85. The average molecular weight is 433 g/mol. The fourth-order valence-electron chi connectivity index (χ4n) is 3.17. The van der Waals surface area contributed by atoms with Crippen LogP contribution in [0.4, 0.5) is 0 Å². The number of aromatic nitrogens is 6. The predicted octanol–water partition coefficient (Wildman–Crippen LogP) is 5.81. The van der Waals surface area contributed by atoms with Gasteiger partial charge in [-0.05, 0) is 87.0 Å². The molecule has 0 aliphatic heterocycles. The molecule has 0 unspecified atom stereocenters. The summed E-state index contributed by atoms with van der Waals surface area (Å²) in [4.78, 5) is 25.2. The third kappa shape index (κ3) is 5.89. The van der Waals surface area contributed by atoms with Gasteiger partial charge in [0, 0.05) is 53.1 Å². The molecule has 0 saturated heterocycles. The molecule has 0 bridgehead atoms. The molecule has 6 aromatic heterocycles. The van der Waals surface area contributed by atoms with E-state index < -0.39 is 0 Å². The fraction of sp³-hybridized carbons (Fsp3) is 0.111. The Labute approximate surface area is 192 Å². The van der Waals surface area contributed by atoms with Crippen LogP contribution in [0.3, 0.4) is 0 Å². The van der Waals surface area contributed by atoms with Gasteiger partial charge in [-0.3, -0.25) is 19.9 Å². The minimum atomic E-state index is 0.826. The molecule has 0 atom stereocenters. The first-order valence-corrected chi connectivity index (χ1v) is 10.6. The van der Waals surface area contributed by atoms with Crippen molar-refractivity contribution in [1.82, 2.24) is 29.9 Å². The molecule has 6 rings (SSSR count). The van der Waals surface area contributed by atoms with Crippen LogP contribution in [-0.4, -0.2) is 29.9 Å². The SMILES string of the molecule is Cc1cc2ncccc2cn1.Cc1ccc2cccnc2n1.Cc1cnc2cccnc2c1. The van der Waals surface area contributed by atoms with Crippen LogP contribution >= 0.6 is 0 Å². The lowest BCUT2D eigenvalue weighted by Gasteiger charge is -1.95. The molecule has 6 heterocycles. The van der Waals surface area contributed by atoms with Gasteiger partial charge in [0.2, 0.25) is 0 Å². The van der Waals surface area contributed by atoms with Crippen molar-refractivity contribution in [3.63, 3.8) is 0 Å². The summed E-state index contributed by atoms with van der Waals surface area (Å²) >= 11 is 0. The van der Waals surface area contributed by atoms with Crippen LogP contribution in [0, 0.1) is 20.8 Å². The zero-order valence-electron chi connectivity index (χ0n) is 18.8. The van der Waals surface area contributed by atoms with E-state index in [4.69, 9.17) is 0 Å². The summed E-state index contributed by atoms with van der Waals surface area (Å²) in [5.41, 5.74) is 6.93. The van der Waals surface area contributed by atoms with Gasteiger partial charge in [-0.25, -0.2) is 9.97 Å². The van der Waals surface area contributed by atoms with Crippen LogP contribution in [0.15, 0.2) is 91.6 Å². The van der Waals surface area contributed by atoms with Crippen molar-refractivity contribution in [3.05, 3.63) is 109 Å². The van der Waals surface area contributed by atoms with E-state index in [9.17, 15) is 0 Å². The number of fused-ring (bicyclic) bond motifs is 3. The maximum absolute atomic E-state index is 4.26. The highest BCUT2D eigenvalue weighted by Gasteiger charge is 1.94. The molecule has 162 valence electrons. The van der Waals surface area contributed by atoms with Crippen LogP contribution < -0.4 is 0 Å². The summed E-state index contributed by atoms with van der Waals surface area (Å²) < 4.78 is 0. The van der Waals surface area contributed by atoms with E-state index in [1.54, 1.807) is 18.6 Å². The van der Waals surface area contributed by atoms with Crippen LogP contribution in [0.2, 0.25) is 0 Å². The second-order valence-corrected chi connectivity index (χ2v) is 7.58. The molecule has 0 aliphatic carbocycles. The van der Waals surface area contributed by atoms with Gasteiger partial charge in [0.1, 0.15) is 0 Å². The first-order chi connectivity index (χ1) is 16.1. The zero-order chi connectivity index (χ0) is 23.0. The molecule has 0 N–H and O–H groups in total. The molecule has 33 heavy (non-hydrogen) atoms. The molecule has 0 spiro atoms. The molecule has 0 saturated carbocycles. The first kappa shape index (κ1) is 21.9. The second kappa shape index (κ2) is 10.3. The van der Waals surface area contributed by atoms with Crippen LogP contribution in [0.25, 0.3) is 33.0 Å². The number of hydrogen-bond acceptors (Lipinski definition) is 6. The lowest BCUT2D eigenvalue weighted by molar-refractivity contribution is 1.20. The molecule has 6 nitrogen and oxygen atoms in total. The van der Waals surface area contributed by atoms with Crippen molar-refractivity contribution < 1.29 is 0 Å². The Bertz CT molecular complexity index is 1330. The highest BCUT2D eigenvalue weighted by Crippen LogP contribution is 2.10. The topological polar surface area (TPSA) is 77.3 Å². The zero-order valence-corrected chi connectivity index (χ0v) is 18.8. The molecule has 0 aromatic carbocycles. The van der Waals surface area contributed by atoms with E-state index in [1.165, 1.54) is 0 Å². The maximum Gasteiger partial charge on any atom is 0.159 e. The maximum atomic E-state index is 4.26. The normalized spacial score (nSPS) is 10.3. The Morgan fingerprint density at radius 1 is 0.515 bits per heavy atom. The van der Waals surface area contributed by atoms with Crippen molar-refractivity contribution >= 4 is 33.0 Å². The van der Waals surface area contributed by atoms with Gasteiger partial charge in [0.15, 0.2) is 5.65 Å². The van der Waals surface area contributed by atoms with Crippen molar-refractivity contribution in [1.29, 1.82) is 0 Å². The van der Waals surface area contributed by atoms with Gasteiger partial charge < -0.3 is 0 Å². The van der Waals surface area contributed by atoms with E-state index in [0.29, 0.717) is 0 Å². The smallest absolute Gasteiger partial charge is 0.159 e. The third-order valence-corrected chi connectivity index (χ3v) is 4.82. The third-order valence-electron chi connectivity index (χ3n) is 4.82. The average Bonchev–Trinajstić information content (AvgIpc) is 2.84. The lowest BCUT2D eigenvalue weighted by atomic mass is 10.2. The predicted molar refractivity (Wildman–Crippen MR) is 133 cm³/mol. The number of nitrogens with zero attached hydrogens (tertiary/aromatic N) is 6. The lowest BCUT2D eigenvalue weighted by Crippen LogP contribution is -1.84. The van der Waals surface area contributed by atoms with Gasteiger partial charge in [0.25, 0.3) is 0 Å². The largest absolute Gasteiger partial charge is 0.261 e. The van der Waals surface area contributed by atoms with Gasteiger partial charge in [-0.2, -0.15) is 0 Å². The van der Waals surface area contributed by atoms with Crippen LogP contribution in [-0.2, 0) is 0 Å². The Morgan fingerprint density at radius 2 is 1.24 bits per heavy atom. The van der Waals surface area contributed by atoms with E-state index in [0.717, 1.165) is 49.9 Å². The standard InChI is InChI=1S/3C9H8N2/c1-7-4-5-8-3-2-6-10-9(8)11-7;1-7-5-9-8(6-11-7)3-2-4-10-9;1-7-5-9-8(11-6-7)3-2-4-10-9/h3*2-6H,1H3. The summed E-state index contributed by atoms with van der Waals surface area (Å²) in [6, 6.07) is 19.7. The van der Waals surface area contributed by atoms with E-state index in [1.807, 2.05) is 93.8 Å². The van der Waals surface area contributed by atoms with Gasteiger partial charge in [0.05, 0.1) is 16.6 Å². The highest BCUT2D eigenvalue weighted by atomic mass is 14.8. The monoisotopic (exact) mass is 432 g/mol. The Balaban J connectivity index is 0.000000118. The molecule has 6 heteroatoms. The molecule has 0 aliphatic rings. The van der Waals surface area contributed by atoms with E-state index in [-0.39, 0.29) is 0 Å². The Morgan fingerprint density at radius 3 is 2.09 bits per heavy atom. The summed E-state index contributed by atoms with van der Waals surface area (Å²) in [5, 5.41) is 2.19. The number of hydrogen-bond donors (Lipinski definition) is 0. The molecule has 6 aromatic rings. The quantitative estimate of drug-likeness (QED) is 0.301. The van der Waals surface area contributed by atoms with Gasteiger partial charge >= 0.3 is 0 Å². The minimum absolute atomic E-state index is 0.826. The summed E-state index contributed by atoms with van der Waals surface area (Å²) in [7, 11) is 0. The molecule has 0 fully saturated rings. The minimum Gasteiger partial charge on any atom is -0.261 e. The van der Waals surface area contributed by atoms with Gasteiger partial charge in [-0.15, -0.1) is 0 Å². The van der Waals surface area contributed by atoms with Crippen molar-refractivity contribution in [3.8, 4) is 0 Å². The second-order valence-electron chi connectivity index (χ2n) is 7.58. The van der Waals surface area contributed by atoms with Crippen LogP contribution in [0.5, 0.6) is 0 Å². The highest BCUT2D eigenvalue weighted by molar-refractivity contribution is 5.77. The summed E-state index contributed by atoms with van der Waals surface area (Å²) in [6.45, 7) is 5.95. The van der Waals surface area contributed by atoms with E-state index in [2.05, 4.69) is 29.9 Å². The summed E-state index contributed by atoms with van der Waals surface area (Å²) in [6.07, 6.45) is 9.03. The number of rotatable bonds is 0. The van der Waals surface area contributed by atoms with Crippen LogP contribution in [0.1, 0.15) is 17.0 Å². The molecular weight excluding hydrogens is 408 g/mol. The number of aryl methyl sites for hydroxylation is 3. The molecule has 0 amide bonds. The molecule has 0 radical (unpaired) electrons.